The molecule has 0 saturated heterocycles. The molecule has 2 heterocycles. The zero-order valence-electron chi connectivity index (χ0n) is 26.9. The Balaban J connectivity index is 1.60. The lowest BCUT2D eigenvalue weighted by atomic mass is 9.95. The van der Waals surface area contributed by atoms with Crippen LogP contribution in [0.3, 0.4) is 0 Å². The van der Waals surface area contributed by atoms with Crippen molar-refractivity contribution in [3.8, 4) is 45.4 Å². The standard InChI is InChI=1S/C34H42ClN3O5Si/c1-23-17-31(43-21-34(2,3)33(39)41-5)36-19-28(23)25-11-14-27(29(35)18-25)32-37-30(24-9-12-26(40-4)13-10-24)20-38(32)22-42-15-16-44(6,7)8/h9-14,17-20H,15-16,21-22H2,1-8H3. The number of pyridine rings is 1. The normalized spacial score (nSPS) is 11.8. The minimum absolute atomic E-state index is 0.152. The molecular weight excluding hydrogens is 594 g/mol. The van der Waals surface area contributed by atoms with Crippen LogP contribution < -0.4 is 9.47 Å². The Labute approximate surface area is 266 Å². The van der Waals surface area contributed by atoms with Gasteiger partial charge in [-0.25, -0.2) is 9.97 Å². The van der Waals surface area contributed by atoms with Crippen molar-refractivity contribution in [2.24, 2.45) is 5.41 Å². The summed E-state index contributed by atoms with van der Waals surface area (Å²) in [6.45, 7) is 13.8. The Morgan fingerprint density at radius 3 is 2.32 bits per heavy atom. The lowest BCUT2D eigenvalue weighted by molar-refractivity contribution is -0.152. The lowest BCUT2D eigenvalue weighted by Crippen LogP contribution is -2.32. The number of carbonyl (C=O) groups is 1. The summed E-state index contributed by atoms with van der Waals surface area (Å²) in [6.07, 6.45) is 3.76. The number of ether oxygens (including phenoxy) is 4. The Bertz CT molecular complexity index is 1600. The molecule has 234 valence electrons. The smallest absolute Gasteiger partial charge is 0.314 e. The first-order valence-corrected chi connectivity index (χ1v) is 18.7. The molecule has 4 aromatic rings. The third-order valence-corrected chi connectivity index (χ3v) is 9.33. The zero-order valence-corrected chi connectivity index (χ0v) is 28.6. The first kappa shape index (κ1) is 33.2. The van der Waals surface area contributed by atoms with Crippen LogP contribution in [0.15, 0.2) is 60.9 Å². The van der Waals surface area contributed by atoms with Crippen molar-refractivity contribution in [1.29, 1.82) is 0 Å². The van der Waals surface area contributed by atoms with Gasteiger partial charge in [0.2, 0.25) is 5.88 Å². The van der Waals surface area contributed by atoms with Crippen molar-refractivity contribution in [1.82, 2.24) is 14.5 Å². The summed E-state index contributed by atoms with van der Waals surface area (Å²) >= 11 is 6.93. The summed E-state index contributed by atoms with van der Waals surface area (Å²) < 4.78 is 24.1. The SMILES string of the molecule is COC(=O)C(C)(C)COc1cc(C)c(-c2ccc(-c3nc(-c4ccc(OC)cc4)cn3COCC[Si](C)(C)C)c(Cl)c2)cn1. The summed E-state index contributed by atoms with van der Waals surface area (Å²) in [5.41, 5.74) is 4.63. The third kappa shape index (κ3) is 8.28. The van der Waals surface area contributed by atoms with Gasteiger partial charge in [-0.3, -0.25) is 4.79 Å². The van der Waals surface area contributed by atoms with Crippen molar-refractivity contribution in [3.63, 3.8) is 0 Å². The van der Waals surface area contributed by atoms with Crippen LogP contribution in [0.5, 0.6) is 11.6 Å². The third-order valence-electron chi connectivity index (χ3n) is 7.31. The minimum atomic E-state index is -1.22. The second-order valence-corrected chi connectivity index (χ2v) is 18.7. The van der Waals surface area contributed by atoms with Crippen LogP contribution >= 0.6 is 11.6 Å². The van der Waals surface area contributed by atoms with Crippen LogP contribution in [0.4, 0.5) is 0 Å². The number of hydrogen-bond donors (Lipinski definition) is 0. The van der Waals surface area contributed by atoms with Crippen LogP contribution in [0.2, 0.25) is 30.7 Å². The summed E-state index contributed by atoms with van der Waals surface area (Å²) in [6, 6.07) is 16.7. The number of aromatic nitrogens is 3. The minimum Gasteiger partial charge on any atom is -0.497 e. The highest BCUT2D eigenvalue weighted by atomic mass is 35.5. The zero-order chi connectivity index (χ0) is 32.1. The van der Waals surface area contributed by atoms with E-state index >= 15 is 0 Å². The molecule has 0 amide bonds. The number of halogens is 1. The van der Waals surface area contributed by atoms with E-state index in [1.807, 2.05) is 66.2 Å². The van der Waals surface area contributed by atoms with Gasteiger partial charge in [-0.15, -0.1) is 0 Å². The summed E-state index contributed by atoms with van der Waals surface area (Å²) in [4.78, 5) is 21.5. The highest BCUT2D eigenvalue weighted by Crippen LogP contribution is 2.35. The van der Waals surface area contributed by atoms with E-state index in [0.717, 1.165) is 51.1 Å². The van der Waals surface area contributed by atoms with Gasteiger partial charge in [-0.05, 0) is 74.3 Å². The number of benzene rings is 2. The molecule has 0 unspecified atom stereocenters. The van der Waals surface area contributed by atoms with Gasteiger partial charge in [0.1, 0.15) is 24.9 Å². The molecule has 0 aliphatic rings. The van der Waals surface area contributed by atoms with Crippen molar-refractivity contribution < 1.29 is 23.7 Å². The van der Waals surface area contributed by atoms with Crippen LogP contribution in [0.25, 0.3) is 33.8 Å². The van der Waals surface area contributed by atoms with E-state index in [0.29, 0.717) is 24.2 Å². The molecule has 0 atom stereocenters. The van der Waals surface area contributed by atoms with Crippen molar-refractivity contribution in [2.45, 2.75) is 53.2 Å². The maximum atomic E-state index is 12.0. The van der Waals surface area contributed by atoms with Crippen molar-refractivity contribution >= 4 is 25.6 Å². The molecule has 0 radical (unpaired) electrons. The molecule has 2 aromatic carbocycles. The van der Waals surface area contributed by atoms with Crippen molar-refractivity contribution in [3.05, 3.63) is 71.5 Å². The average Bonchev–Trinajstić information content (AvgIpc) is 3.41. The number of aryl methyl sites for hydroxylation is 1. The number of nitrogens with zero attached hydrogens (tertiary/aromatic N) is 3. The van der Waals surface area contributed by atoms with E-state index in [-0.39, 0.29) is 12.6 Å². The van der Waals surface area contributed by atoms with Gasteiger partial charge in [-0.1, -0.05) is 37.3 Å². The second-order valence-electron chi connectivity index (χ2n) is 12.7. The first-order valence-electron chi connectivity index (χ1n) is 14.6. The summed E-state index contributed by atoms with van der Waals surface area (Å²) in [7, 11) is 1.80. The highest BCUT2D eigenvalue weighted by molar-refractivity contribution is 6.76. The van der Waals surface area contributed by atoms with Crippen LogP contribution in [-0.2, 0) is 21.0 Å². The van der Waals surface area contributed by atoms with Crippen LogP contribution in [-0.4, -0.2) is 56.0 Å². The van der Waals surface area contributed by atoms with Gasteiger partial charge < -0.3 is 23.5 Å². The average molecular weight is 636 g/mol. The molecule has 0 fully saturated rings. The summed E-state index contributed by atoms with van der Waals surface area (Å²) in [5.74, 6) is 1.62. The Hall–Kier alpha value is -3.66. The van der Waals surface area contributed by atoms with E-state index in [1.54, 1.807) is 27.2 Å². The molecule has 0 N–H and O–H groups in total. The Morgan fingerprint density at radius 2 is 1.70 bits per heavy atom. The van der Waals surface area contributed by atoms with E-state index in [2.05, 4.69) is 24.6 Å². The van der Waals surface area contributed by atoms with E-state index < -0.39 is 13.5 Å². The molecule has 2 aromatic heterocycles. The fourth-order valence-corrected chi connectivity index (χ4v) is 5.56. The van der Waals surface area contributed by atoms with Crippen LogP contribution in [0.1, 0.15) is 19.4 Å². The predicted molar refractivity (Wildman–Crippen MR) is 178 cm³/mol. The first-order chi connectivity index (χ1) is 20.8. The number of methoxy groups -OCH3 is 2. The molecule has 0 aliphatic carbocycles. The highest BCUT2D eigenvalue weighted by Gasteiger charge is 2.30. The van der Waals surface area contributed by atoms with E-state index in [1.165, 1.54) is 7.11 Å². The van der Waals surface area contributed by atoms with Gasteiger partial charge in [0.15, 0.2) is 0 Å². The number of esters is 1. The fourth-order valence-electron chi connectivity index (χ4n) is 4.54. The number of imidazole rings is 1. The van der Waals surface area contributed by atoms with Gasteiger partial charge >= 0.3 is 5.97 Å². The topological polar surface area (TPSA) is 84.7 Å². The van der Waals surface area contributed by atoms with Crippen LogP contribution in [0, 0.1) is 12.3 Å². The maximum Gasteiger partial charge on any atom is 0.314 e. The Morgan fingerprint density at radius 1 is 1.00 bits per heavy atom. The lowest BCUT2D eigenvalue weighted by Gasteiger charge is -2.21. The molecule has 8 nitrogen and oxygen atoms in total. The number of rotatable bonds is 13. The molecule has 44 heavy (non-hydrogen) atoms. The summed E-state index contributed by atoms with van der Waals surface area (Å²) in [5, 5.41) is 0.567. The number of carbonyl (C=O) groups excluding carboxylic acids is 1. The molecule has 10 heteroatoms. The fraction of sp³-hybridized carbons (Fsp3) is 0.382. The van der Waals surface area contributed by atoms with E-state index in [9.17, 15) is 4.79 Å². The van der Waals surface area contributed by atoms with Gasteiger partial charge in [0.25, 0.3) is 0 Å². The molecule has 4 rings (SSSR count). The Kier molecular flexibility index (Phi) is 10.5. The second kappa shape index (κ2) is 14.0. The van der Waals surface area contributed by atoms with E-state index in [4.69, 9.17) is 35.5 Å². The monoisotopic (exact) mass is 635 g/mol. The molecular formula is C34H42ClN3O5Si. The molecule has 0 spiro atoms. The molecule has 0 aliphatic heterocycles. The quantitative estimate of drug-likeness (QED) is 0.0833. The molecule has 0 saturated carbocycles. The van der Waals surface area contributed by atoms with Gasteiger partial charge in [-0.2, -0.15) is 0 Å². The number of hydrogen-bond acceptors (Lipinski definition) is 7. The maximum absolute atomic E-state index is 12.0. The van der Waals surface area contributed by atoms with Crippen molar-refractivity contribution in [2.75, 3.05) is 27.4 Å². The van der Waals surface area contributed by atoms with Gasteiger partial charge in [0, 0.05) is 49.8 Å². The largest absolute Gasteiger partial charge is 0.497 e. The predicted octanol–water partition coefficient (Wildman–Crippen LogP) is 8.14. The van der Waals surface area contributed by atoms with Gasteiger partial charge in [0.05, 0.1) is 30.4 Å². The molecule has 0 bridgehead atoms.